The van der Waals surface area contributed by atoms with E-state index in [9.17, 15) is 23.1 Å². The monoisotopic (exact) mass is 355 g/mol. The fourth-order valence-electron chi connectivity index (χ4n) is 1.98. The van der Waals surface area contributed by atoms with Gasteiger partial charge in [-0.25, -0.2) is 0 Å². The lowest BCUT2D eigenvalue weighted by atomic mass is 10.1. The summed E-state index contributed by atoms with van der Waals surface area (Å²) in [6.07, 6.45) is -3.10. The topological polar surface area (TPSA) is 49.3 Å². The van der Waals surface area contributed by atoms with Crippen molar-refractivity contribution in [1.29, 1.82) is 0 Å². The lowest BCUT2D eigenvalue weighted by Crippen LogP contribution is -2.14. The Morgan fingerprint density at radius 3 is 2.54 bits per heavy atom. The molecule has 24 heavy (non-hydrogen) atoms. The van der Waals surface area contributed by atoms with Crippen molar-refractivity contribution >= 4 is 29.3 Å². The second-order valence-electron chi connectivity index (χ2n) is 5.07. The maximum absolute atomic E-state index is 12.8. The third-order valence-corrected chi connectivity index (χ3v) is 3.47. The number of hydrogen-bond donors (Lipinski definition) is 2. The molecule has 0 aliphatic rings. The molecule has 0 aliphatic heterocycles. The van der Waals surface area contributed by atoms with Gasteiger partial charge in [0.15, 0.2) is 0 Å². The Morgan fingerprint density at radius 1 is 1.21 bits per heavy atom. The van der Waals surface area contributed by atoms with Crippen LogP contribution in [0.1, 0.15) is 18.1 Å². The number of phenols is 1. The van der Waals surface area contributed by atoms with Crippen LogP contribution in [0.15, 0.2) is 48.0 Å². The fraction of sp³-hybridized carbons (Fsp3) is 0.118. The van der Waals surface area contributed by atoms with Crippen molar-refractivity contribution < 1.29 is 23.1 Å². The zero-order valence-electron chi connectivity index (χ0n) is 12.5. The lowest BCUT2D eigenvalue weighted by Gasteiger charge is -2.12. The highest BCUT2D eigenvalue weighted by atomic mass is 35.5. The predicted octanol–water partition coefficient (Wildman–Crippen LogP) is 5.11. The standard InChI is InChI=1S/C17H13ClF3NO2/c1-10(7-11-3-2-4-13(23)8-11)16(24)22-12-5-6-15(18)14(9-12)17(19,20)21/h2-9,23H,1H3,(H,22,24). The molecule has 3 nitrogen and oxygen atoms in total. The van der Waals surface area contributed by atoms with Gasteiger partial charge in [-0.2, -0.15) is 13.2 Å². The first kappa shape index (κ1) is 17.9. The highest BCUT2D eigenvalue weighted by Crippen LogP contribution is 2.36. The first-order valence-corrected chi connectivity index (χ1v) is 7.20. The summed E-state index contributed by atoms with van der Waals surface area (Å²) >= 11 is 5.53. The SMILES string of the molecule is CC(=Cc1cccc(O)c1)C(=O)Nc1ccc(Cl)c(C(F)(F)F)c1. The molecule has 0 fully saturated rings. The number of hydrogen-bond acceptors (Lipinski definition) is 2. The molecule has 0 saturated carbocycles. The number of carbonyl (C=O) groups excluding carboxylic acids is 1. The van der Waals surface area contributed by atoms with E-state index in [1.807, 2.05) is 0 Å². The number of benzene rings is 2. The summed E-state index contributed by atoms with van der Waals surface area (Å²) in [5.74, 6) is -0.515. The second-order valence-corrected chi connectivity index (χ2v) is 5.48. The molecule has 2 aromatic carbocycles. The summed E-state index contributed by atoms with van der Waals surface area (Å²) in [4.78, 5) is 12.1. The van der Waals surface area contributed by atoms with Crippen molar-refractivity contribution in [1.82, 2.24) is 0 Å². The highest BCUT2D eigenvalue weighted by Gasteiger charge is 2.33. The van der Waals surface area contributed by atoms with Gasteiger partial charge in [-0.05, 0) is 48.9 Å². The quantitative estimate of drug-likeness (QED) is 0.752. The van der Waals surface area contributed by atoms with Crippen LogP contribution in [-0.2, 0) is 11.0 Å². The Balaban J connectivity index is 2.20. The van der Waals surface area contributed by atoms with E-state index >= 15 is 0 Å². The van der Waals surface area contributed by atoms with Crippen LogP contribution in [0, 0.1) is 0 Å². The first-order chi connectivity index (χ1) is 11.2. The van der Waals surface area contributed by atoms with Gasteiger partial charge in [-0.15, -0.1) is 0 Å². The minimum absolute atomic E-state index is 0.0135. The zero-order chi connectivity index (χ0) is 17.9. The number of alkyl halides is 3. The van der Waals surface area contributed by atoms with Gasteiger partial charge in [-0.1, -0.05) is 23.7 Å². The molecule has 2 N–H and O–H groups in total. The van der Waals surface area contributed by atoms with E-state index in [2.05, 4.69) is 5.32 Å². The van der Waals surface area contributed by atoms with Crippen LogP contribution in [0.25, 0.3) is 6.08 Å². The highest BCUT2D eigenvalue weighted by molar-refractivity contribution is 6.31. The molecular formula is C17H13ClF3NO2. The largest absolute Gasteiger partial charge is 0.508 e. The van der Waals surface area contributed by atoms with E-state index in [0.717, 1.165) is 12.1 Å². The Morgan fingerprint density at radius 2 is 1.92 bits per heavy atom. The van der Waals surface area contributed by atoms with Crippen LogP contribution in [0.5, 0.6) is 5.75 Å². The van der Waals surface area contributed by atoms with E-state index < -0.39 is 22.7 Å². The minimum Gasteiger partial charge on any atom is -0.508 e. The normalized spacial score (nSPS) is 12.1. The first-order valence-electron chi connectivity index (χ1n) is 6.82. The zero-order valence-corrected chi connectivity index (χ0v) is 13.2. The van der Waals surface area contributed by atoms with Crippen molar-refractivity contribution in [3.05, 3.63) is 64.2 Å². The van der Waals surface area contributed by atoms with Crippen LogP contribution >= 0.6 is 11.6 Å². The Bertz CT molecular complexity index is 801. The molecule has 0 unspecified atom stereocenters. The maximum atomic E-state index is 12.8. The summed E-state index contributed by atoms with van der Waals surface area (Å²) in [6, 6.07) is 9.38. The number of nitrogens with one attached hydrogen (secondary N) is 1. The predicted molar refractivity (Wildman–Crippen MR) is 86.8 cm³/mol. The molecule has 0 bridgehead atoms. The summed E-state index contributed by atoms with van der Waals surface area (Å²) < 4.78 is 38.5. The van der Waals surface area contributed by atoms with E-state index in [0.29, 0.717) is 5.56 Å². The fourth-order valence-corrected chi connectivity index (χ4v) is 2.20. The molecule has 7 heteroatoms. The molecule has 0 aromatic heterocycles. The Hall–Kier alpha value is -2.47. The number of halogens is 4. The van der Waals surface area contributed by atoms with Gasteiger partial charge in [0.2, 0.25) is 0 Å². The van der Waals surface area contributed by atoms with Gasteiger partial charge >= 0.3 is 6.18 Å². The molecule has 0 saturated heterocycles. The number of aromatic hydroxyl groups is 1. The van der Waals surface area contributed by atoms with Crippen molar-refractivity contribution in [3.8, 4) is 5.75 Å². The van der Waals surface area contributed by atoms with Crippen LogP contribution < -0.4 is 5.32 Å². The van der Waals surface area contributed by atoms with E-state index in [1.165, 1.54) is 31.2 Å². The van der Waals surface area contributed by atoms with Crippen molar-refractivity contribution in [3.63, 3.8) is 0 Å². The van der Waals surface area contributed by atoms with Crippen LogP contribution in [0.3, 0.4) is 0 Å². The molecule has 2 rings (SSSR count). The average Bonchev–Trinajstić information content (AvgIpc) is 2.48. The van der Waals surface area contributed by atoms with Gasteiger partial charge in [0, 0.05) is 11.3 Å². The van der Waals surface area contributed by atoms with Crippen molar-refractivity contribution in [2.24, 2.45) is 0 Å². The molecule has 0 radical (unpaired) electrons. The maximum Gasteiger partial charge on any atom is 0.417 e. The van der Waals surface area contributed by atoms with Gasteiger partial charge in [0.25, 0.3) is 5.91 Å². The molecule has 0 aliphatic carbocycles. The van der Waals surface area contributed by atoms with E-state index in [4.69, 9.17) is 11.6 Å². The lowest BCUT2D eigenvalue weighted by molar-refractivity contribution is -0.137. The number of phenolic OH excluding ortho intramolecular Hbond substituents is 1. The third-order valence-electron chi connectivity index (χ3n) is 3.14. The molecule has 1 amide bonds. The summed E-state index contributed by atoms with van der Waals surface area (Å²) in [7, 11) is 0. The van der Waals surface area contributed by atoms with Gasteiger partial charge in [-0.3, -0.25) is 4.79 Å². The Kier molecular flexibility index (Phi) is 5.19. The van der Waals surface area contributed by atoms with Gasteiger partial charge in [0.1, 0.15) is 5.75 Å². The smallest absolute Gasteiger partial charge is 0.417 e. The van der Waals surface area contributed by atoms with Gasteiger partial charge < -0.3 is 10.4 Å². The summed E-state index contributed by atoms with van der Waals surface area (Å²) in [5, 5.41) is 11.3. The van der Waals surface area contributed by atoms with Crippen molar-refractivity contribution in [2.75, 3.05) is 5.32 Å². The van der Waals surface area contributed by atoms with Crippen molar-refractivity contribution in [2.45, 2.75) is 13.1 Å². The molecule has 0 atom stereocenters. The number of anilines is 1. The number of amides is 1. The number of carbonyl (C=O) groups is 1. The molecular weight excluding hydrogens is 343 g/mol. The molecule has 0 heterocycles. The average molecular weight is 356 g/mol. The third kappa shape index (κ3) is 4.52. The van der Waals surface area contributed by atoms with Crippen LogP contribution in [0.4, 0.5) is 18.9 Å². The van der Waals surface area contributed by atoms with Crippen LogP contribution in [-0.4, -0.2) is 11.0 Å². The van der Waals surface area contributed by atoms with E-state index in [-0.39, 0.29) is 17.0 Å². The van der Waals surface area contributed by atoms with Crippen LogP contribution in [0.2, 0.25) is 5.02 Å². The van der Waals surface area contributed by atoms with Gasteiger partial charge in [0.05, 0.1) is 10.6 Å². The molecule has 2 aromatic rings. The minimum atomic E-state index is -4.61. The summed E-state index contributed by atoms with van der Waals surface area (Å²) in [6.45, 7) is 1.51. The molecule has 0 spiro atoms. The second kappa shape index (κ2) is 6.97. The summed E-state index contributed by atoms with van der Waals surface area (Å²) in [5.41, 5.74) is -0.171. The molecule has 126 valence electrons. The number of rotatable bonds is 3. The Labute approximate surface area is 141 Å². The van der Waals surface area contributed by atoms with E-state index in [1.54, 1.807) is 12.1 Å².